The van der Waals surface area contributed by atoms with Crippen LogP contribution in [-0.4, -0.2) is 62.1 Å². The van der Waals surface area contributed by atoms with Crippen molar-refractivity contribution >= 4 is 17.2 Å². The zero-order valence-corrected chi connectivity index (χ0v) is 13.5. The van der Waals surface area contributed by atoms with E-state index in [2.05, 4.69) is 27.3 Å². The fraction of sp³-hybridized carbons (Fsp3) is 0.571. The van der Waals surface area contributed by atoms with E-state index in [-0.39, 0.29) is 5.91 Å². The zero-order valence-electron chi connectivity index (χ0n) is 12.7. The van der Waals surface area contributed by atoms with Crippen LogP contribution in [0, 0.1) is 0 Å². The van der Waals surface area contributed by atoms with Crippen LogP contribution in [0.4, 0.5) is 0 Å². The van der Waals surface area contributed by atoms with Crippen molar-refractivity contribution in [2.75, 3.05) is 26.2 Å². The second-order valence-electron chi connectivity index (χ2n) is 5.36. The molecule has 7 nitrogen and oxygen atoms in total. The second-order valence-corrected chi connectivity index (χ2v) is 6.31. The highest BCUT2D eigenvalue weighted by Gasteiger charge is 2.23. The summed E-state index contributed by atoms with van der Waals surface area (Å²) in [6.07, 6.45) is 1.02. The first-order valence-electron chi connectivity index (χ1n) is 7.58. The number of tetrazole rings is 1. The molecule has 0 bridgehead atoms. The second kappa shape index (κ2) is 6.97. The van der Waals surface area contributed by atoms with Gasteiger partial charge in [0.2, 0.25) is 0 Å². The Morgan fingerprint density at radius 1 is 1.32 bits per heavy atom. The molecular weight excluding hydrogens is 300 g/mol. The number of aromatic nitrogens is 4. The molecule has 2 aromatic heterocycles. The largest absolute Gasteiger partial charge is 0.335 e. The molecule has 0 aliphatic carbocycles. The molecular formula is C14H20N6OS. The maximum atomic E-state index is 12.3. The van der Waals surface area contributed by atoms with Gasteiger partial charge in [0.1, 0.15) is 0 Å². The summed E-state index contributed by atoms with van der Waals surface area (Å²) >= 11 is 1.50. The quantitative estimate of drug-likeness (QED) is 0.825. The van der Waals surface area contributed by atoms with Crippen molar-refractivity contribution in [3.05, 3.63) is 28.2 Å². The van der Waals surface area contributed by atoms with Gasteiger partial charge < -0.3 is 4.90 Å². The first kappa shape index (κ1) is 15.1. The Labute approximate surface area is 133 Å². The lowest BCUT2D eigenvalue weighted by atomic mass is 10.3. The molecule has 1 saturated heterocycles. The van der Waals surface area contributed by atoms with E-state index in [0.717, 1.165) is 56.4 Å². The molecule has 0 spiro atoms. The monoisotopic (exact) mass is 320 g/mol. The number of hydrogen-bond donors (Lipinski definition) is 0. The van der Waals surface area contributed by atoms with Gasteiger partial charge in [-0.05, 0) is 28.3 Å². The third-order valence-electron chi connectivity index (χ3n) is 3.80. The van der Waals surface area contributed by atoms with Gasteiger partial charge in [-0.25, -0.2) is 4.68 Å². The Morgan fingerprint density at radius 3 is 2.82 bits per heavy atom. The lowest BCUT2D eigenvalue weighted by molar-refractivity contribution is 0.0628. The van der Waals surface area contributed by atoms with E-state index in [4.69, 9.17) is 0 Å². The van der Waals surface area contributed by atoms with Crippen LogP contribution < -0.4 is 0 Å². The Morgan fingerprint density at radius 2 is 2.14 bits per heavy atom. The van der Waals surface area contributed by atoms with Crippen LogP contribution in [-0.2, 0) is 13.1 Å². The van der Waals surface area contributed by atoms with Crippen LogP contribution in [0.3, 0.4) is 0 Å². The van der Waals surface area contributed by atoms with Gasteiger partial charge in [-0.3, -0.25) is 9.69 Å². The van der Waals surface area contributed by atoms with Gasteiger partial charge in [-0.15, -0.1) is 16.4 Å². The highest BCUT2D eigenvalue weighted by molar-refractivity contribution is 7.12. The molecule has 1 aliphatic heterocycles. The summed E-state index contributed by atoms with van der Waals surface area (Å²) in [5, 5.41) is 13.8. The Kier molecular flexibility index (Phi) is 4.79. The van der Waals surface area contributed by atoms with Gasteiger partial charge in [-0.2, -0.15) is 0 Å². The van der Waals surface area contributed by atoms with Crippen molar-refractivity contribution in [2.45, 2.75) is 26.4 Å². The first-order chi connectivity index (χ1) is 10.8. The summed E-state index contributed by atoms with van der Waals surface area (Å²) in [6.45, 7) is 6.93. The number of amides is 1. The fourth-order valence-electron chi connectivity index (χ4n) is 2.59. The number of carbonyl (C=O) groups excluding carboxylic acids is 1. The number of nitrogens with zero attached hydrogens (tertiary/aromatic N) is 6. The van der Waals surface area contributed by atoms with Crippen molar-refractivity contribution in [3.8, 4) is 0 Å². The maximum Gasteiger partial charge on any atom is 0.264 e. The average Bonchev–Trinajstić information content (AvgIpc) is 3.20. The smallest absolute Gasteiger partial charge is 0.264 e. The molecule has 0 N–H and O–H groups in total. The minimum atomic E-state index is 0.144. The molecule has 0 aromatic carbocycles. The summed E-state index contributed by atoms with van der Waals surface area (Å²) in [6, 6.07) is 3.81. The minimum absolute atomic E-state index is 0.144. The lowest BCUT2D eigenvalue weighted by Gasteiger charge is -2.34. The van der Waals surface area contributed by atoms with Crippen molar-refractivity contribution in [1.82, 2.24) is 30.0 Å². The van der Waals surface area contributed by atoms with Crippen molar-refractivity contribution < 1.29 is 4.79 Å². The van der Waals surface area contributed by atoms with Crippen LogP contribution in [0.5, 0.6) is 0 Å². The molecule has 1 aliphatic rings. The summed E-state index contributed by atoms with van der Waals surface area (Å²) in [5.74, 6) is 1.05. The molecule has 118 valence electrons. The third-order valence-corrected chi connectivity index (χ3v) is 4.66. The van der Waals surface area contributed by atoms with E-state index in [1.807, 2.05) is 27.1 Å². The molecule has 0 radical (unpaired) electrons. The van der Waals surface area contributed by atoms with Crippen molar-refractivity contribution in [1.29, 1.82) is 0 Å². The summed E-state index contributed by atoms with van der Waals surface area (Å²) in [4.78, 5) is 17.4. The lowest BCUT2D eigenvalue weighted by Crippen LogP contribution is -2.48. The number of carbonyl (C=O) groups is 1. The summed E-state index contributed by atoms with van der Waals surface area (Å²) < 4.78 is 1.86. The van der Waals surface area contributed by atoms with Crippen LogP contribution in [0.2, 0.25) is 0 Å². The molecule has 3 rings (SSSR count). The van der Waals surface area contributed by atoms with E-state index in [9.17, 15) is 4.79 Å². The molecule has 0 saturated carbocycles. The Bertz CT molecular complexity index is 603. The molecule has 22 heavy (non-hydrogen) atoms. The number of thiophene rings is 1. The molecule has 1 fully saturated rings. The molecule has 3 heterocycles. The molecule has 0 unspecified atom stereocenters. The predicted molar refractivity (Wildman–Crippen MR) is 83.6 cm³/mol. The first-order valence-corrected chi connectivity index (χ1v) is 8.46. The van der Waals surface area contributed by atoms with Crippen LogP contribution >= 0.6 is 11.3 Å². The van der Waals surface area contributed by atoms with E-state index < -0.39 is 0 Å². The van der Waals surface area contributed by atoms with Crippen LogP contribution in [0.1, 0.15) is 28.8 Å². The van der Waals surface area contributed by atoms with Gasteiger partial charge in [-0.1, -0.05) is 13.0 Å². The van der Waals surface area contributed by atoms with Crippen LogP contribution in [0.25, 0.3) is 0 Å². The third kappa shape index (κ3) is 3.33. The molecule has 8 heteroatoms. The normalized spacial score (nSPS) is 16.1. The molecule has 1 amide bonds. The topological polar surface area (TPSA) is 67.2 Å². The van der Waals surface area contributed by atoms with Gasteiger partial charge >= 0.3 is 0 Å². The predicted octanol–water partition coefficient (Wildman–Crippen LogP) is 1.10. The van der Waals surface area contributed by atoms with Gasteiger partial charge in [0.05, 0.1) is 11.4 Å². The number of piperazine rings is 1. The van der Waals surface area contributed by atoms with Gasteiger partial charge in [0, 0.05) is 32.7 Å². The molecule has 2 aromatic rings. The van der Waals surface area contributed by atoms with Gasteiger partial charge in [0.25, 0.3) is 5.91 Å². The van der Waals surface area contributed by atoms with Crippen LogP contribution in [0.15, 0.2) is 17.5 Å². The van der Waals surface area contributed by atoms with Gasteiger partial charge in [0.15, 0.2) is 5.82 Å². The average molecular weight is 320 g/mol. The number of rotatable bonds is 5. The summed E-state index contributed by atoms with van der Waals surface area (Å²) in [7, 11) is 0. The van der Waals surface area contributed by atoms with Crippen molar-refractivity contribution in [2.24, 2.45) is 0 Å². The number of hydrogen-bond acceptors (Lipinski definition) is 6. The highest BCUT2D eigenvalue weighted by Crippen LogP contribution is 2.14. The van der Waals surface area contributed by atoms with Crippen molar-refractivity contribution in [3.63, 3.8) is 0 Å². The zero-order chi connectivity index (χ0) is 15.4. The summed E-state index contributed by atoms with van der Waals surface area (Å²) in [5.41, 5.74) is 0. The maximum absolute atomic E-state index is 12.3. The van der Waals surface area contributed by atoms with E-state index in [1.54, 1.807) is 0 Å². The van der Waals surface area contributed by atoms with E-state index >= 15 is 0 Å². The Hall–Kier alpha value is -1.80. The standard InChI is InChI=1S/C14H20N6OS/c1-2-5-20-13(15-16-17-20)11-18-6-8-19(9-7-18)14(21)12-4-3-10-22-12/h3-4,10H,2,5-9,11H2,1H3. The van der Waals surface area contributed by atoms with E-state index in [0.29, 0.717) is 0 Å². The highest BCUT2D eigenvalue weighted by atomic mass is 32.1. The fourth-order valence-corrected chi connectivity index (χ4v) is 3.28. The minimum Gasteiger partial charge on any atom is -0.335 e. The SMILES string of the molecule is CCCn1nnnc1CN1CCN(C(=O)c2cccs2)CC1. The molecule has 0 atom stereocenters. The van der Waals surface area contributed by atoms with E-state index in [1.165, 1.54) is 11.3 Å². The Balaban J connectivity index is 1.53. The number of aryl methyl sites for hydroxylation is 1.